The molecular weight excluding hydrogens is 288 g/mol. The van der Waals surface area contributed by atoms with Crippen LogP contribution in [-0.2, 0) is 21.2 Å². The van der Waals surface area contributed by atoms with E-state index in [1.165, 1.54) is 0 Å². The van der Waals surface area contributed by atoms with Gasteiger partial charge in [0.2, 0.25) is 10.0 Å². The van der Waals surface area contributed by atoms with Crippen LogP contribution >= 0.6 is 0 Å². The molecule has 1 fully saturated rings. The summed E-state index contributed by atoms with van der Waals surface area (Å²) in [5, 5.41) is 3.25. The zero-order valence-electron chi connectivity index (χ0n) is 12.5. The van der Waals surface area contributed by atoms with E-state index in [9.17, 15) is 8.42 Å². The fourth-order valence-corrected chi connectivity index (χ4v) is 3.62. The fraction of sp³-hybridized carbons (Fsp3) is 0.600. The lowest BCUT2D eigenvalue weighted by Gasteiger charge is -2.23. The van der Waals surface area contributed by atoms with Crippen molar-refractivity contribution in [2.45, 2.75) is 37.1 Å². The largest absolute Gasteiger partial charge is 0.380 e. The van der Waals surface area contributed by atoms with Crippen LogP contribution in [-0.4, -0.2) is 40.8 Å². The fourth-order valence-electron chi connectivity index (χ4n) is 2.37. The summed E-state index contributed by atoms with van der Waals surface area (Å²) in [5.74, 6) is 0. The van der Waals surface area contributed by atoms with E-state index in [0.717, 1.165) is 44.5 Å². The third kappa shape index (κ3) is 5.07. The summed E-state index contributed by atoms with van der Waals surface area (Å²) in [6.07, 6.45) is 2.63. The first-order valence-corrected chi connectivity index (χ1v) is 9.00. The topological polar surface area (TPSA) is 67.4 Å². The van der Waals surface area contributed by atoms with E-state index in [2.05, 4.69) is 17.0 Å². The molecule has 0 aliphatic carbocycles. The molecular formula is C15H24N2O3S. The Morgan fingerprint density at radius 1 is 1.29 bits per heavy atom. The molecule has 1 atom stereocenters. The molecule has 1 unspecified atom stereocenters. The van der Waals surface area contributed by atoms with Gasteiger partial charge in [-0.2, -0.15) is 0 Å². The molecule has 6 heteroatoms. The first-order chi connectivity index (χ1) is 10.1. The van der Waals surface area contributed by atoms with Crippen molar-refractivity contribution in [1.82, 2.24) is 10.0 Å². The SMILES string of the molecule is CCNCCc1ccc(S(=O)(=O)NC2CCCOC2)cc1. The highest BCUT2D eigenvalue weighted by molar-refractivity contribution is 7.89. The van der Waals surface area contributed by atoms with Gasteiger partial charge in [0.1, 0.15) is 0 Å². The number of benzene rings is 1. The molecule has 21 heavy (non-hydrogen) atoms. The standard InChI is InChI=1S/C15H24N2O3S/c1-2-16-10-9-13-5-7-15(8-6-13)21(18,19)17-14-4-3-11-20-12-14/h5-8,14,16-17H,2-4,9-12H2,1H3. The van der Waals surface area contributed by atoms with Crippen LogP contribution in [0.4, 0.5) is 0 Å². The molecule has 0 aromatic heterocycles. The zero-order valence-corrected chi connectivity index (χ0v) is 13.3. The Labute approximate surface area is 127 Å². The second-order valence-corrected chi connectivity index (χ2v) is 7.00. The van der Waals surface area contributed by atoms with E-state index in [1.54, 1.807) is 12.1 Å². The predicted molar refractivity (Wildman–Crippen MR) is 82.9 cm³/mol. The average Bonchev–Trinajstić information content (AvgIpc) is 2.49. The summed E-state index contributed by atoms with van der Waals surface area (Å²) < 4.78 is 32.6. The Bertz CT molecular complexity index is 522. The molecule has 1 aromatic carbocycles. The van der Waals surface area contributed by atoms with Gasteiger partial charge in [-0.3, -0.25) is 0 Å². The van der Waals surface area contributed by atoms with Gasteiger partial charge in [-0.1, -0.05) is 19.1 Å². The predicted octanol–water partition coefficient (Wildman–Crippen LogP) is 1.30. The second-order valence-electron chi connectivity index (χ2n) is 5.28. The van der Waals surface area contributed by atoms with Gasteiger partial charge in [-0.05, 0) is 50.0 Å². The van der Waals surface area contributed by atoms with Gasteiger partial charge in [0, 0.05) is 12.6 Å². The van der Waals surface area contributed by atoms with Crippen molar-refractivity contribution in [2.75, 3.05) is 26.3 Å². The molecule has 0 spiro atoms. The molecule has 0 radical (unpaired) electrons. The lowest BCUT2D eigenvalue weighted by Crippen LogP contribution is -2.40. The molecule has 118 valence electrons. The minimum Gasteiger partial charge on any atom is -0.380 e. The van der Waals surface area contributed by atoms with Crippen LogP contribution in [0.2, 0.25) is 0 Å². The van der Waals surface area contributed by atoms with E-state index in [4.69, 9.17) is 4.74 Å². The number of nitrogens with one attached hydrogen (secondary N) is 2. The maximum atomic E-state index is 12.3. The van der Waals surface area contributed by atoms with Crippen LogP contribution < -0.4 is 10.0 Å². The van der Waals surface area contributed by atoms with Crippen LogP contribution in [0.25, 0.3) is 0 Å². The molecule has 1 aromatic rings. The Morgan fingerprint density at radius 2 is 2.05 bits per heavy atom. The maximum Gasteiger partial charge on any atom is 0.240 e. The van der Waals surface area contributed by atoms with Gasteiger partial charge < -0.3 is 10.1 Å². The van der Waals surface area contributed by atoms with Crippen molar-refractivity contribution in [3.63, 3.8) is 0 Å². The molecule has 0 saturated carbocycles. The van der Waals surface area contributed by atoms with Crippen molar-refractivity contribution in [3.05, 3.63) is 29.8 Å². The van der Waals surface area contributed by atoms with Crippen LogP contribution in [0.15, 0.2) is 29.2 Å². The van der Waals surface area contributed by atoms with Crippen molar-refractivity contribution in [3.8, 4) is 0 Å². The van der Waals surface area contributed by atoms with Crippen molar-refractivity contribution in [2.24, 2.45) is 0 Å². The summed E-state index contributed by atoms with van der Waals surface area (Å²) in [6, 6.07) is 6.99. The lowest BCUT2D eigenvalue weighted by molar-refractivity contribution is 0.0774. The smallest absolute Gasteiger partial charge is 0.240 e. The minimum atomic E-state index is -3.45. The van der Waals surface area contributed by atoms with Crippen LogP contribution in [0.1, 0.15) is 25.3 Å². The van der Waals surface area contributed by atoms with Crippen LogP contribution in [0, 0.1) is 0 Å². The van der Waals surface area contributed by atoms with E-state index in [1.807, 2.05) is 12.1 Å². The first kappa shape index (κ1) is 16.4. The van der Waals surface area contributed by atoms with Gasteiger partial charge in [0.05, 0.1) is 11.5 Å². The zero-order chi connectivity index (χ0) is 15.1. The first-order valence-electron chi connectivity index (χ1n) is 7.51. The molecule has 2 rings (SSSR count). The van der Waals surface area contributed by atoms with Gasteiger partial charge in [-0.25, -0.2) is 13.1 Å². The number of sulfonamides is 1. The number of hydrogen-bond donors (Lipinski definition) is 2. The lowest BCUT2D eigenvalue weighted by atomic mass is 10.1. The van der Waals surface area contributed by atoms with Gasteiger partial charge in [0.15, 0.2) is 0 Å². The summed E-state index contributed by atoms with van der Waals surface area (Å²) in [5.41, 5.74) is 1.14. The minimum absolute atomic E-state index is 0.114. The molecule has 0 bridgehead atoms. The summed E-state index contributed by atoms with van der Waals surface area (Å²) in [7, 11) is -3.45. The highest BCUT2D eigenvalue weighted by Gasteiger charge is 2.22. The normalized spacial score (nSPS) is 19.6. The molecule has 2 N–H and O–H groups in total. The third-order valence-electron chi connectivity index (χ3n) is 3.56. The molecule has 1 aliphatic heterocycles. The van der Waals surface area contributed by atoms with E-state index < -0.39 is 10.0 Å². The number of rotatable bonds is 7. The van der Waals surface area contributed by atoms with Crippen molar-refractivity contribution in [1.29, 1.82) is 0 Å². The molecule has 1 saturated heterocycles. The molecule has 1 aliphatic rings. The summed E-state index contributed by atoms with van der Waals surface area (Å²) in [4.78, 5) is 0.320. The van der Waals surface area contributed by atoms with Gasteiger partial charge >= 0.3 is 0 Å². The maximum absolute atomic E-state index is 12.3. The van der Waals surface area contributed by atoms with Gasteiger partial charge in [0.25, 0.3) is 0 Å². The second kappa shape index (κ2) is 7.89. The summed E-state index contributed by atoms with van der Waals surface area (Å²) >= 11 is 0. The number of ether oxygens (including phenoxy) is 1. The molecule has 1 heterocycles. The highest BCUT2D eigenvalue weighted by Crippen LogP contribution is 2.14. The third-order valence-corrected chi connectivity index (χ3v) is 5.09. The Morgan fingerprint density at radius 3 is 2.67 bits per heavy atom. The monoisotopic (exact) mass is 312 g/mol. The van der Waals surface area contributed by atoms with E-state index in [0.29, 0.717) is 11.5 Å². The summed E-state index contributed by atoms with van der Waals surface area (Å²) in [6.45, 7) is 5.09. The van der Waals surface area contributed by atoms with Gasteiger partial charge in [-0.15, -0.1) is 0 Å². The van der Waals surface area contributed by atoms with Crippen LogP contribution in [0.5, 0.6) is 0 Å². The van der Waals surface area contributed by atoms with E-state index in [-0.39, 0.29) is 6.04 Å². The molecule has 5 nitrogen and oxygen atoms in total. The van der Waals surface area contributed by atoms with Crippen molar-refractivity contribution < 1.29 is 13.2 Å². The van der Waals surface area contributed by atoms with Crippen LogP contribution in [0.3, 0.4) is 0 Å². The number of likely N-dealkylation sites (N-methyl/N-ethyl adjacent to an activating group) is 1. The Hall–Kier alpha value is -0.950. The Kier molecular flexibility index (Phi) is 6.17. The number of hydrogen-bond acceptors (Lipinski definition) is 4. The van der Waals surface area contributed by atoms with E-state index >= 15 is 0 Å². The highest BCUT2D eigenvalue weighted by atomic mass is 32.2. The molecule has 0 amide bonds. The quantitative estimate of drug-likeness (QED) is 0.745. The Balaban J connectivity index is 1.95. The van der Waals surface area contributed by atoms with Crippen molar-refractivity contribution >= 4 is 10.0 Å². The average molecular weight is 312 g/mol.